The SMILES string of the molecule is Cc1ccc(Oc2cc(NC(=O)c3c(Cl)cnn3C)cc([N+](=O)[O-])c2)cc1. The lowest BCUT2D eigenvalue weighted by atomic mass is 10.2. The van der Waals surface area contributed by atoms with Crippen molar-refractivity contribution in [1.29, 1.82) is 0 Å². The van der Waals surface area contributed by atoms with E-state index >= 15 is 0 Å². The average Bonchev–Trinajstić information content (AvgIpc) is 2.95. The van der Waals surface area contributed by atoms with E-state index in [0.29, 0.717) is 5.75 Å². The van der Waals surface area contributed by atoms with Crippen LogP contribution in [0.25, 0.3) is 0 Å². The lowest BCUT2D eigenvalue weighted by molar-refractivity contribution is -0.384. The number of hydrogen-bond acceptors (Lipinski definition) is 5. The summed E-state index contributed by atoms with van der Waals surface area (Å²) in [5.41, 5.74) is 1.19. The van der Waals surface area contributed by atoms with Gasteiger partial charge in [0.15, 0.2) is 0 Å². The molecule has 1 amide bonds. The number of hydrogen-bond donors (Lipinski definition) is 1. The van der Waals surface area contributed by atoms with Crippen LogP contribution in [0.2, 0.25) is 5.02 Å². The minimum atomic E-state index is -0.561. The van der Waals surface area contributed by atoms with E-state index in [-0.39, 0.29) is 27.8 Å². The molecule has 138 valence electrons. The Morgan fingerprint density at radius 3 is 2.52 bits per heavy atom. The number of ether oxygens (including phenoxy) is 1. The standard InChI is InChI=1S/C18H15ClN4O4/c1-11-3-5-14(6-4-11)27-15-8-12(7-13(9-15)23(25)26)21-18(24)17-16(19)10-20-22(17)2/h3-10H,1-2H3,(H,21,24). The van der Waals surface area contributed by atoms with Gasteiger partial charge in [-0.05, 0) is 19.1 Å². The number of aryl methyl sites for hydroxylation is 2. The highest BCUT2D eigenvalue weighted by atomic mass is 35.5. The highest BCUT2D eigenvalue weighted by Gasteiger charge is 2.18. The van der Waals surface area contributed by atoms with E-state index in [1.807, 2.05) is 19.1 Å². The maximum absolute atomic E-state index is 12.4. The highest BCUT2D eigenvalue weighted by molar-refractivity contribution is 6.34. The fraction of sp³-hybridized carbons (Fsp3) is 0.111. The third-order valence-corrected chi connectivity index (χ3v) is 4.00. The molecule has 9 heteroatoms. The number of carbonyl (C=O) groups is 1. The topological polar surface area (TPSA) is 99.3 Å². The Balaban J connectivity index is 1.90. The van der Waals surface area contributed by atoms with Crippen LogP contribution < -0.4 is 10.1 Å². The van der Waals surface area contributed by atoms with E-state index in [9.17, 15) is 14.9 Å². The molecule has 1 aromatic heterocycles. The largest absolute Gasteiger partial charge is 0.457 e. The van der Waals surface area contributed by atoms with Crippen molar-refractivity contribution in [3.05, 3.63) is 75.1 Å². The fourth-order valence-electron chi connectivity index (χ4n) is 2.42. The molecule has 0 fully saturated rings. The Morgan fingerprint density at radius 1 is 1.22 bits per heavy atom. The third kappa shape index (κ3) is 4.24. The summed E-state index contributed by atoms with van der Waals surface area (Å²) in [7, 11) is 1.57. The van der Waals surface area contributed by atoms with Crippen molar-refractivity contribution in [2.45, 2.75) is 6.92 Å². The zero-order valence-electron chi connectivity index (χ0n) is 14.5. The molecular formula is C18H15ClN4O4. The second-order valence-electron chi connectivity index (χ2n) is 5.81. The molecular weight excluding hydrogens is 372 g/mol. The molecule has 0 bridgehead atoms. The Morgan fingerprint density at radius 2 is 1.93 bits per heavy atom. The predicted octanol–water partition coefficient (Wildman–Crippen LogP) is 4.33. The smallest absolute Gasteiger partial charge is 0.275 e. The highest BCUT2D eigenvalue weighted by Crippen LogP contribution is 2.30. The van der Waals surface area contributed by atoms with Gasteiger partial charge in [-0.3, -0.25) is 19.6 Å². The first-order chi connectivity index (χ1) is 12.8. The first-order valence-electron chi connectivity index (χ1n) is 7.86. The van der Waals surface area contributed by atoms with Crippen molar-refractivity contribution in [3.63, 3.8) is 0 Å². The van der Waals surface area contributed by atoms with Gasteiger partial charge in [0.1, 0.15) is 17.2 Å². The molecule has 0 saturated heterocycles. The van der Waals surface area contributed by atoms with E-state index in [1.165, 1.54) is 29.1 Å². The second kappa shape index (κ2) is 7.46. The number of benzene rings is 2. The van der Waals surface area contributed by atoms with Crippen LogP contribution in [-0.2, 0) is 7.05 Å². The van der Waals surface area contributed by atoms with Crippen molar-refractivity contribution >= 4 is 28.9 Å². The average molecular weight is 387 g/mol. The van der Waals surface area contributed by atoms with Gasteiger partial charge in [0.05, 0.1) is 27.9 Å². The van der Waals surface area contributed by atoms with Crippen molar-refractivity contribution in [2.24, 2.45) is 7.05 Å². The number of non-ortho nitro benzene ring substituents is 1. The monoisotopic (exact) mass is 386 g/mol. The van der Waals surface area contributed by atoms with E-state index < -0.39 is 10.8 Å². The van der Waals surface area contributed by atoms with Crippen LogP contribution in [0.3, 0.4) is 0 Å². The summed E-state index contributed by atoms with van der Waals surface area (Å²) in [6.07, 6.45) is 1.34. The lowest BCUT2D eigenvalue weighted by Gasteiger charge is -2.10. The maximum Gasteiger partial charge on any atom is 0.275 e. The molecule has 0 aliphatic rings. The number of amides is 1. The van der Waals surface area contributed by atoms with E-state index in [1.54, 1.807) is 19.2 Å². The van der Waals surface area contributed by atoms with Gasteiger partial charge in [0.2, 0.25) is 0 Å². The molecule has 2 aromatic carbocycles. The van der Waals surface area contributed by atoms with Crippen LogP contribution in [-0.4, -0.2) is 20.6 Å². The third-order valence-electron chi connectivity index (χ3n) is 3.73. The van der Waals surface area contributed by atoms with Crippen LogP contribution >= 0.6 is 11.6 Å². The first-order valence-corrected chi connectivity index (χ1v) is 8.24. The molecule has 0 unspecified atom stereocenters. The van der Waals surface area contributed by atoms with Crippen molar-refractivity contribution in [3.8, 4) is 11.5 Å². The zero-order chi connectivity index (χ0) is 19.6. The summed E-state index contributed by atoms with van der Waals surface area (Å²) in [4.78, 5) is 23.1. The summed E-state index contributed by atoms with van der Waals surface area (Å²) in [5, 5.41) is 17.9. The molecule has 0 aliphatic heterocycles. The molecule has 3 rings (SSSR count). The number of carbonyl (C=O) groups excluding carboxylic acids is 1. The fourth-order valence-corrected chi connectivity index (χ4v) is 2.67. The van der Waals surface area contributed by atoms with E-state index in [4.69, 9.17) is 16.3 Å². The molecule has 8 nitrogen and oxygen atoms in total. The lowest BCUT2D eigenvalue weighted by Crippen LogP contribution is -2.16. The number of nitrogens with one attached hydrogen (secondary N) is 1. The molecule has 0 radical (unpaired) electrons. The molecule has 1 N–H and O–H groups in total. The number of nitro benzene ring substituents is 1. The molecule has 3 aromatic rings. The summed E-state index contributed by atoms with van der Waals surface area (Å²) in [6, 6.07) is 11.2. The van der Waals surface area contributed by atoms with Gasteiger partial charge >= 0.3 is 0 Å². The molecule has 27 heavy (non-hydrogen) atoms. The Hall–Kier alpha value is -3.39. The van der Waals surface area contributed by atoms with Crippen LogP contribution in [0.4, 0.5) is 11.4 Å². The summed E-state index contributed by atoms with van der Waals surface area (Å²) in [6.45, 7) is 1.94. The van der Waals surface area contributed by atoms with Crippen molar-refractivity contribution < 1.29 is 14.5 Å². The number of nitrogens with zero attached hydrogens (tertiary/aromatic N) is 3. The summed E-state index contributed by atoms with van der Waals surface area (Å²) < 4.78 is 7.00. The summed E-state index contributed by atoms with van der Waals surface area (Å²) >= 11 is 5.96. The van der Waals surface area contributed by atoms with E-state index in [0.717, 1.165) is 5.56 Å². The number of anilines is 1. The summed E-state index contributed by atoms with van der Waals surface area (Å²) in [5.74, 6) is 0.203. The Bertz CT molecular complexity index is 995. The quantitative estimate of drug-likeness (QED) is 0.519. The Labute approximate surface area is 159 Å². The maximum atomic E-state index is 12.4. The molecule has 0 saturated carbocycles. The molecule has 0 aliphatic carbocycles. The van der Waals surface area contributed by atoms with Crippen molar-refractivity contribution in [1.82, 2.24) is 9.78 Å². The number of nitro groups is 1. The number of aromatic nitrogens is 2. The molecule has 1 heterocycles. The molecule has 0 atom stereocenters. The zero-order valence-corrected chi connectivity index (χ0v) is 15.2. The predicted molar refractivity (Wildman–Crippen MR) is 101 cm³/mol. The number of halogens is 1. The van der Waals surface area contributed by atoms with Crippen LogP contribution in [0.5, 0.6) is 11.5 Å². The van der Waals surface area contributed by atoms with Crippen molar-refractivity contribution in [2.75, 3.05) is 5.32 Å². The van der Waals surface area contributed by atoms with E-state index in [2.05, 4.69) is 10.4 Å². The number of rotatable bonds is 5. The van der Waals surface area contributed by atoms with Crippen LogP contribution in [0.15, 0.2) is 48.7 Å². The van der Waals surface area contributed by atoms with Gasteiger partial charge in [-0.25, -0.2) is 0 Å². The van der Waals surface area contributed by atoms with Gasteiger partial charge in [-0.15, -0.1) is 0 Å². The van der Waals surface area contributed by atoms with Crippen LogP contribution in [0.1, 0.15) is 16.1 Å². The van der Waals surface area contributed by atoms with Gasteiger partial charge < -0.3 is 10.1 Å². The minimum Gasteiger partial charge on any atom is -0.457 e. The van der Waals surface area contributed by atoms with Gasteiger partial charge in [-0.2, -0.15) is 5.10 Å². The minimum absolute atomic E-state index is 0.143. The van der Waals surface area contributed by atoms with Gasteiger partial charge in [0, 0.05) is 19.2 Å². The molecule has 0 spiro atoms. The van der Waals surface area contributed by atoms with Gasteiger partial charge in [-0.1, -0.05) is 29.3 Å². The van der Waals surface area contributed by atoms with Crippen LogP contribution in [0, 0.1) is 17.0 Å². The normalized spacial score (nSPS) is 10.5. The Kier molecular flexibility index (Phi) is 5.09. The van der Waals surface area contributed by atoms with Gasteiger partial charge in [0.25, 0.3) is 11.6 Å². The first kappa shape index (κ1) is 18.4. The second-order valence-corrected chi connectivity index (χ2v) is 6.21.